The molecule has 2 rings (SSSR count). The number of Topliss-reactive ketones (excluding diaryl/α,β-unsaturated/α-hetero) is 1. The zero-order valence-electron chi connectivity index (χ0n) is 9.42. The summed E-state index contributed by atoms with van der Waals surface area (Å²) in [4.78, 5) is 12.1. The van der Waals surface area contributed by atoms with Crippen LogP contribution in [0, 0.1) is 0 Å². The van der Waals surface area contributed by atoms with E-state index in [1.807, 2.05) is 6.07 Å². The molecular formula is C13H14Cl2OS. The smallest absolute Gasteiger partial charge is 0.150 e. The van der Waals surface area contributed by atoms with Crippen molar-refractivity contribution < 1.29 is 4.79 Å². The molecule has 1 aliphatic heterocycles. The molecule has 0 radical (unpaired) electrons. The molecule has 0 spiro atoms. The third kappa shape index (κ3) is 3.64. The zero-order chi connectivity index (χ0) is 12.3. The molecule has 1 saturated heterocycles. The van der Waals surface area contributed by atoms with E-state index >= 15 is 0 Å². The number of benzene rings is 1. The van der Waals surface area contributed by atoms with Crippen LogP contribution in [0.5, 0.6) is 0 Å². The van der Waals surface area contributed by atoms with Crippen molar-refractivity contribution in [2.45, 2.75) is 30.9 Å². The molecule has 4 heteroatoms. The van der Waals surface area contributed by atoms with Crippen molar-refractivity contribution in [3.8, 4) is 0 Å². The minimum Gasteiger partial charge on any atom is -0.298 e. The quantitative estimate of drug-likeness (QED) is 0.821. The van der Waals surface area contributed by atoms with Crippen LogP contribution in [0.2, 0.25) is 10.0 Å². The van der Waals surface area contributed by atoms with Crippen molar-refractivity contribution in [3.63, 3.8) is 0 Å². The maximum Gasteiger partial charge on any atom is 0.150 e. The number of halogens is 2. The van der Waals surface area contributed by atoms with Crippen LogP contribution in [-0.4, -0.2) is 16.8 Å². The van der Waals surface area contributed by atoms with Crippen LogP contribution in [-0.2, 0) is 11.2 Å². The van der Waals surface area contributed by atoms with Gasteiger partial charge >= 0.3 is 0 Å². The minimum atomic E-state index is 0.162. The Morgan fingerprint density at radius 1 is 1.35 bits per heavy atom. The highest BCUT2D eigenvalue weighted by Crippen LogP contribution is 2.28. The lowest BCUT2D eigenvalue weighted by atomic mass is 10.0. The lowest BCUT2D eigenvalue weighted by molar-refractivity contribution is -0.118. The third-order valence-corrected chi connectivity index (χ3v) is 4.93. The molecule has 1 aromatic carbocycles. The zero-order valence-corrected chi connectivity index (χ0v) is 11.7. The van der Waals surface area contributed by atoms with Crippen molar-refractivity contribution in [2.24, 2.45) is 0 Å². The van der Waals surface area contributed by atoms with Gasteiger partial charge in [-0.05, 0) is 36.3 Å². The number of carbonyl (C=O) groups excluding carboxylic acids is 1. The van der Waals surface area contributed by atoms with Crippen LogP contribution in [0.15, 0.2) is 18.2 Å². The average Bonchev–Trinajstić information content (AvgIpc) is 2.34. The van der Waals surface area contributed by atoms with E-state index in [1.165, 1.54) is 6.42 Å². The van der Waals surface area contributed by atoms with Gasteiger partial charge in [0, 0.05) is 16.5 Å². The van der Waals surface area contributed by atoms with E-state index in [2.05, 4.69) is 0 Å². The maximum atomic E-state index is 12.1. The van der Waals surface area contributed by atoms with E-state index in [-0.39, 0.29) is 5.25 Å². The van der Waals surface area contributed by atoms with Crippen LogP contribution in [0.25, 0.3) is 0 Å². The van der Waals surface area contributed by atoms with E-state index in [9.17, 15) is 4.79 Å². The summed E-state index contributed by atoms with van der Waals surface area (Å²) < 4.78 is 0. The van der Waals surface area contributed by atoms with E-state index in [0.29, 0.717) is 22.2 Å². The highest BCUT2D eigenvalue weighted by Gasteiger charge is 2.22. The average molecular weight is 289 g/mol. The Morgan fingerprint density at radius 3 is 2.82 bits per heavy atom. The minimum absolute atomic E-state index is 0.162. The molecule has 1 atom stereocenters. The van der Waals surface area contributed by atoms with Crippen molar-refractivity contribution in [1.82, 2.24) is 0 Å². The summed E-state index contributed by atoms with van der Waals surface area (Å²) in [6, 6.07) is 5.32. The molecule has 1 nitrogen and oxygen atoms in total. The molecule has 0 N–H and O–H groups in total. The Balaban J connectivity index is 2.02. The second-order valence-electron chi connectivity index (χ2n) is 4.23. The van der Waals surface area contributed by atoms with Crippen LogP contribution in [0.3, 0.4) is 0 Å². The van der Waals surface area contributed by atoms with Crippen molar-refractivity contribution in [3.05, 3.63) is 33.8 Å². The Hall–Kier alpha value is -0.180. The van der Waals surface area contributed by atoms with Gasteiger partial charge in [-0.1, -0.05) is 35.7 Å². The molecule has 1 aliphatic rings. The molecule has 1 unspecified atom stereocenters. The van der Waals surface area contributed by atoms with E-state index in [0.717, 1.165) is 24.2 Å². The number of thioether (sulfide) groups is 1. The Bertz CT molecular complexity index is 414. The number of hydrogen-bond donors (Lipinski definition) is 0. The van der Waals surface area contributed by atoms with Crippen molar-refractivity contribution in [2.75, 3.05) is 5.75 Å². The molecule has 0 bridgehead atoms. The maximum absolute atomic E-state index is 12.1. The van der Waals surface area contributed by atoms with Crippen LogP contribution < -0.4 is 0 Å². The fourth-order valence-electron chi connectivity index (χ4n) is 1.96. The van der Waals surface area contributed by atoms with Crippen molar-refractivity contribution >= 4 is 40.7 Å². The number of rotatable bonds is 3. The first-order valence-electron chi connectivity index (χ1n) is 5.75. The molecule has 0 aliphatic carbocycles. The first-order chi connectivity index (χ1) is 8.16. The van der Waals surface area contributed by atoms with Gasteiger partial charge in [-0.3, -0.25) is 4.79 Å². The monoisotopic (exact) mass is 288 g/mol. The molecule has 1 fully saturated rings. The van der Waals surface area contributed by atoms with Crippen LogP contribution >= 0.6 is 35.0 Å². The molecule has 1 heterocycles. The Labute approximate surface area is 116 Å². The summed E-state index contributed by atoms with van der Waals surface area (Å²) in [7, 11) is 0. The SMILES string of the molecule is O=C(Cc1ccc(Cl)cc1Cl)C1CCCCS1. The Kier molecular flexibility index (Phi) is 4.78. The highest BCUT2D eigenvalue weighted by atomic mass is 35.5. The fraction of sp³-hybridized carbons (Fsp3) is 0.462. The molecule has 17 heavy (non-hydrogen) atoms. The van der Waals surface area contributed by atoms with Gasteiger partial charge in [0.1, 0.15) is 5.78 Å². The number of carbonyl (C=O) groups is 1. The molecule has 0 amide bonds. The Morgan fingerprint density at radius 2 is 2.18 bits per heavy atom. The van der Waals surface area contributed by atoms with E-state index < -0.39 is 0 Å². The summed E-state index contributed by atoms with van der Waals surface area (Å²) in [5.41, 5.74) is 0.882. The number of ketones is 1. The summed E-state index contributed by atoms with van der Waals surface area (Å²) in [6.07, 6.45) is 3.83. The largest absolute Gasteiger partial charge is 0.298 e. The normalized spacial score (nSPS) is 20.2. The van der Waals surface area contributed by atoms with Gasteiger partial charge in [0.15, 0.2) is 0 Å². The standard InChI is InChI=1S/C13H14Cl2OS/c14-10-5-4-9(11(15)8-10)7-12(16)13-3-1-2-6-17-13/h4-5,8,13H,1-3,6-7H2. The fourth-order valence-corrected chi connectivity index (χ4v) is 3.69. The lowest BCUT2D eigenvalue weighted by Gasteiger charge is -2.20. The summed E-state index contributed by atoms with van der Waals surface area (Å²) in [5.74, 6) is 1.39. The highest BCUT2D eigenvalue weighted by molar-refractivity contribution is 8.00. The van der Waals surface area contributed by atoms with Gasteiger partial charge in [0.2, 0.25) is 0 Å². The second-order valence-corrected chi connectivity index (χ2v) is 6.39. The van der Waals surface area contributed by atoms with E-state index in [4.69, 9.17) is 23.2 Å². The van der Waals surface area contributed by atoms with Gasteiger partial charge < -0.3 is 0 Å². The predicted molar refractivity (Wildman–Crippen MR) is 75.3 cm³/mol. The summed E-state index contributed by atoms with van der Waals surface area (Å²) >= 11 is 13.7. The molecule has 0 saturated carbocycles. The predicted octanol–water partition coefficient (Wildman–Crippen LogP) is 4.39. The lowest BCUT2D eigenvalue weighted by Crippen LogP contribution is -2.22. The molecular weight excluding hydrogens is 275 g/mol. The summed E-state index contributed by atoms with van der Waals surface area (Å²) in [6.45, 7) is 0. The van der Waals surface area contributed by atoms with Gasteiger partial charge in [-0.25, -0.2) is 0 Å². The third-order valence-electron chi connectivity index (χ3n) is 2.92. The van der Waals surface area contributed by atoms with Crippen molar-refractivity contribution in [1.29, 1.82) is 0 Å². The molecule has 0 aromatic heterocycles. The van der Waals surface area contributed by atoms with Crippen LogP contribution in [0.4, 0.5) is 0 Å². The van der Waals surface area contributed by atoms with Gasteiger partial charge in [0.05, 0.1) is 5.25 Å². The first-order valence-corrected chi connectivity index (χ1v) is 7.55. The van der Waals surface area contributed by atoms with E-state index in [1.54, 1.807) is 23.9 Å². The molecule has 92 valence electrons. The summed E-state index contributed by atoms with van der Waals surface area (Å²) in [5, 5.41) is 1.36. The van der Waals surface area contributed by atoms with Gasteiger partial charge in [-0.15, -0.1) is 0 Å². The van der Waals surface area contributed by atoms with Gasteiger partial charge in [-0.2, -0.15) is 11.8 Å². The molecule has 1 aromatic rings. The second kappa shape index (κ2) is 6.12. The van der Waals surface area contributed by atoms with Crippen LogP contribution in [0.1, 0.15) is 24.8 Å². The van der Waals surface area contributed by atoms with Gasteiger partial charge in [0.25, 0.3) is 0 Å². The number of hydrogen-bond acceptors (Lipinski definition) is 2. The first kappa shape index (κ1) is 13.3. The topological polar surface area (TPSA) is 17.1 Å².